The summed E-state index contributed by atoms with van der Waals surface area (Å²) in [5.41, 5.74) is 3.19. The lowest BCUT2D eigenvalue weighted by molar-refractivity contribution is 0.164. The molecule has 8 heteroatoms. The first-order valence-electron chi connectivity index (χ1n) is 8.82. The zero-order valence-electron chi connectivity index (χ0n) is 15.1. The molecular formula is C18H24N4O3S. The highest BCUT2D eigenvalue weighted by Crippen LogP contribution is 2.28. The van der Waals surface area contributed by atoms with Gasteiger partial charge < -0.3 is 4.74 Å². The number of hydrogen-bond donors (Lipinski definition) is 0. The Morgan fingerprint density at radius 1 is 1.31 bits per heavy atom. The number of aromatic nitrogens is 2. The Morgan fingerprint density at radius 3 is 2.88 bits per heavy atom. The number of benzene rings is 1. The largest absolute Gasteiger partial charge is 0.488 e. The Balaban J connectivity index is 1.36. The fourth-order valence-electron chi connectivity index (χ4n) is 3.71. The molecule has 1 aromatic heterocycles. The lowest BCUT2D eigenvalue weighted by atomic mass is 10.1. The zero-order valence-corrected chi connectivity index (χ0v) is 15.9. The van der Waals surface area contributed by atoms with Gasteiger partial charge in [0.15, 0.2) is 0 Å². The summed E-state index contributed by atoms with van der Waals surface area (Å²) in [5, 5.41) is 4.63. The second kappa shape index (κ2) is 6.68. The van der Waals surface area contributed by atoms with Crippen molar-refractivity contribution in [3.63, 3.8) is 0 Å². The SMILES string of the molecule is CN(Cc1cc2n(n1)CCN(S(C)(=O)=O)C2)CC1Cc2ccccc2O1. The molecule has 1 unspecified atom stereocenters. The molecule has 7 nitrogen and oxygen atoms in total. The van der Waals surface area contributed by atoms with Gasteiger partial charge in [-0.1, -0.05) is 18.2 Å². The summed E-state index contributed by atoms with van der Waals surface area (Å²) in [4.78, 5) is 2.21. The molecular weight excluding hydrogens is 352 g/mol. The van der Waals surface area contributed by atoms with Gasteiger partial charge in [-0.25, -0.2) is 8.42 Å². The van der Waals surface area contributed by atoms with Gasteiger partial charge in [0.05, 0.1) is 30.7 Å². The van der Waals surface area contributed by atoms with Gasteiger partial charge in [-0.2, -0.15) is 9.40 Å². The van der Waals surface area contributed by atoms with E-state index in [1.807, 2.05) is 28.9 Å². The van der Waals surface area contributed by atoms with Gasteiger partial charge in [0.2, 0.25) is 10.0 Å². The maximum Gasteiger partial charge on any atom is 0.211 e. The van der Waals surface area contributed by atoms with Crippen LogP contribution in [-0.2, 0) is 36.1 Å². The van der Waals surface area contributed by atoms with Crippen molar-refractivity contribution in [3.8, 4) is 5.75 Å². The predicted octanol–water partition coefficient (Wildman–Crippen LogP) is 1.09. The first kappa shape index (κ1) is 17.5. The minimum absolute atomic E-state index is 0.162. The number of fused-ring (bicyclic) bond motifs is 2. The molecule has 1 atom stereocenters. The number of ether oxygens (including phenoxy) is 1. The lowest BCUT2D eigenvalue weighted by Gasteiger charge is -2.25. The average molecular weight is 376 g/mol. The van der Waals surface area contributed by atoms with Crippen molar-refractivity contribution in [1.29, 1.82) is 0 Å². The Labute approximate surface area is 154 Å². The first-order chi connectivity index (χ1) is 12.4. The van der Waals surface area contributed by atoms with Crippen molar-refractivity contribution < 1.29 is 13.2 Å². The molecule has 0 saturated heterocycles. The smallest absolute Gasteiger partial charge is 0.211 e. The molecule has 4 rings (SSSR count). The van der Waals surface area contributed by atoms with Gasteiger partial charge >= 0.3 is 0 Å². The molecule has 1 aromatic carbocycles. The van der Waals surface area contributed by atoms with E-state index in [1.54, 1.807) is 0 Å². The first-order valence-corrected chi connectivity index (χ1v) is 10.7. The topological polar surface area (TPSA) is 67.7 Å². The maximum absolute atomic E-state index is 11.7. The van der Waals surface area contributed by atoms with Crippen LogP contribution in [0, 0.1) is 0 Å². The third kappa shape index (κ3) is 3.62. The number of sulfonamides is 1. The van der Waals surface area contributed by atoms with E-state index in [2.05, 4.69) is 23.1 Å². The van der Waals surface area contributed by atoms with E-state index < -0.39 is 10.0 Å². The van der Waals surface area contributed by atoms with Crippen LogP contribution in [-0.4, -0.2) is 59.9 Å². The van der Waals surface area contributed by atoms with E-state index >= 15 is 0 Å². The second-order valence-electron chi connectivity index (χ2n) is 7.20. The molecule has 0 N–H and O–H groups in total. The summed E-state index contributed by atoms with van der Waals surface area (Å²) in [5.74, 6) is 0.990. The van der Waals surface area contributed by atoms with Gasteiger partial charge in [-0.15, -0.1) is 0 Å². The van der Waals surface area contributed by atoms with Gasteiger partial charge in [-0.05, 0) is 24.7 Å². The summed E-state index contributed by atoms with van der Waals surface area (Å²) in [6.45, 7) is 3.03. The third-order valence-corrected chi connectivity index (χ3v) is 6.19. The fraction of sp³-hybridized carbons (Fsp3) is 0.500. The molecule has 0 spiro atoms. The molecule has 0 amide bonds. The quantitative estimate of drug-likeness (QED) is 0.782. The molecule has 0 bridgehead atoms. The van der Waals surface area contributed by atoms with Crippen LogP contribution in [0.3, 0.4) is 0 Å². The number of para-hydroxylation sites is 1. The Hall–Kier alpha value is -1.90. The van der Waals surface area contributed by atoms with Gasteiger partial charge in [0.1, 0.15) is 11.9 Å². The van der Waals surface area contributed by atoms with Crippen LogP contribution in [0.4, 0.5) is 0 Å². The van der Waals surface area contributed by atoms with Gasteiger partial charge in [0.25, 0.3) is 0 Å². The highest BCUT2D eigenvalue weighted by Gasteiger charge is 2.26. The molecule has 0 saturated carbocycles. The molecule has 2 aromatic rings. The van der Waals surface area contributed by atoms with Crippen molar-refractivity contribution in [3.05, 3.63) is 47.3 Å². The van der Waals surface area contributed by atoms with E-state index in [-0.39, 0.29) is 6.10 Å². The monoisotopic (exact) mass is 376 g/mol. The highest BCUT2D eigenvalue weighted by molar-refractivity contribution is 7.88. The standard InChI is InChI=1S/C18H24N4O3S/c1-20(13-17-9-14-5-3-4-6-18(14)25-17)11-15-10-16-12-21(26(2,23)24)7-8-22(16)19-15/h3-6,10,17H,7-9,11-13H2,1-2H3. The molecule has 2 aliphatic heterocycles. The van der Waals surface area contributed by atoms with Crippen molar-refractivity contribution >= 4 is 10.0 Å². The molecule has 2 aliphatic rings. The minimum atomic E-state index is -3.16. The summed E-state index contributed by atoms with van der Waals surface area (Å²) in [6, 6.07) is 10.2. The number of likely N-dealkylation sites (N-methyl/N-ethyl adjacent to an activating group) is 1. The van der Waals surface area contributed by atoms with Crippen molar-refractivity contribution in [2.24, 2.45) is 0 Å². The van der Waals surface area contributed by atoms with E-state index in [0.717, 1.165) is 36.6 Å². The average Bonchev–Trinajstić information content (AvgIpc) is 3.15. The zero-order chi connectivity index (χ0) is 18.3. The Bertz CT molecular complexity index is 884. The Morgan fingerprint density at radius 2 is 2.12 bits per heavy atom. The van der Waals surface area contributed by atoms with E-state index in [9.17, 15) is 8.42 Å². The minimum Gasteiger partial charge on any atom is -0.488 e. The summed E-state index contributed by atoms with van der Waals surface area (Å²) >= 11 is 0. The number of nitrogens with zero attached hydrogens (tertiary/aromatic N) is 4. The number of rotatable bonds is 5. The van der Waals surface area contributed by atoms with Crippen molar-refractivity contribution in [2.45, 2.75) is 32.2 Å². The maximum atomic E-state index is 11.7. The van der Waals surface area contributed by atoms with E-state index in [1.165, 1.54) is 16.1 Å². The van der Waals surface area contributed by atoms with Crippen LogP contribution in [0.25, 0.3) is 0 Å². The van der Waals surface area contributed by atoms with Crippen LogP contribution in [0.2, 0.25) is 0 Å². The van der Waals surface area contributed by atoms with E-state index in [0.29, 0.717) is 19.6 Å². The molecule has 0 radical (unpaired) electrons. The van der Waals surface area contributed by atoms with Crippen LogP contribution in [0.1, 0.15) is 17.0 Å². The third-order valence-electron chi connectivity index (χ3n) is 4.94. The highest BCUT2D eigenvalue weighted by atomic mass is 32.2. The molecule has 3 heterocycles. The van der Waals surface area contributed by atoms with Crippen LogP contribution >= 0.6 is 0 Å². The van der Waals surface area contributed by atoms with Crippen LogP contribution in [0.15, 0.2) is 30.3 Å². The van der Waals surface area contributed by atoms with Crippen molar-refractivity contribution in [1.82, 2.24) is 19.0 Å². The molecule has 26 heavy (non-hydrogen) atoms. The van der Waals surface area contributed by atoms with Gasteiger partial charge in [0, 0.05) is 26.1 Å². The van der Waals surface area contributed by atoms with Crippen molar-refractivity contribution in [2.75, 3.05) is 26.4 Å². The predicted molar refractivity (Wildman–Crippen MR) is 98.4 cm³/mol. The molecule has 0 aliphatic carbocycles. The second-order valence-corrected chi connectivity index (χ2v) is 9.18. The summed E-state index contributed by atoms with van der Waals surface area (Å²) < 4.78 is 32.9. The van der Waals surface area contributed by atoms with Crippen LogP contribution < -0.4 is 4.74 Å². The molecule has 0 fully saturated rings. The Kier molecular flexibility index (Phi) is 4.50. The van der Waals surface area contributed by atoms with E-state index in [4.69, 9.17) is 4.74 Å². The summed E-state index contributed by atoms with van der Waals surface area (Å²) in [6.07, 6.45) is 2.35. The fourth-order valence-corrected chi connectivity index (χ4v) is 4.49. The molecule has 140 valence electrons. The van der Waals surface area contributed by atoms with Crippen LogP contribution in [0.5, 0.6) is 5.75 Å². The lowest BCUT2D eigenvalue weighted by Crippen LogP contribution is -2.37. The van der Waals surface area contributed by atoms with Gasteiger partial charge in [-0.3, -0.25) is 9.58 Å². The summed E-state index contributed by atoms with van der Waals surface area (Å²) in [7, 11) is -1.10. The normalized spacial score (nSPS) is 20.0. The number of hydrogen-bond acceptors (Lipinski definition) is 5.